The Kier molecular flexibility index (Phi) is 7.19. The molecule has 0 saturated carbocycles. The van der Waals surface area contributed by atoms with Gasteiger partial charge in [0.2, 0.25) is 0 Å². The third-order valence-electron chi connectivity index (χ3n) is 3.68. The summed E-state index contributed by atoms with van der Waals surface area (Å²) < 4.78 is 5.32. The summed E-state index contributed by atoms with van der Waals surface area (Å²) in [5.74, 6) is 1.38. The molecular weight excluding hydrogens is 352 g/mol. The van der Waals surface area contributed by atoms with Crippen molar-refractivity contribution in [3.63, 3.8) is 0 Å². The minimum atomic E-state index is -0.471. The first kappa shape index (κ1) is 18.9. The number of nitrogens with zero attached hydrogens (tertiary/aromatic N) is 2. The van der Waals surface area contributed by atoms with Gasteiger partial charge in [-0.2, -0.15) is 24.4 Å². The van der Waals surface area contributed by atoms with Gasteiger partial charge in [-0.1, -0.05) is 0 Å². The lowest BCUT2D eigenvalue weighted by atomic mass is 10.2. The summed E-state index contributed by atoms with van der Waals surface area (Å²) in [6, 6.07) is 5.97. The number of aliphatic hydroxyl groups excluding tert-OH is 1. The number of likely N-dealkylation sites (tertiary alicyclic amines) is 1. The SMILES string of the molecule is O=C(OCc1ccc([N+](=O)[O-])cc1)N1CC(S)CC1CSCCO. The average Bonchev–Trinajstić information content (AvgIpc) is 2.94. The van der Waals surface area contributed by atoms with Crippen molar-refractivity contribution in [2.24, 2.45) is 0 Å². The monoisotopic (exact) mass is 372 g/mol. The Hall–Kier alpha value is -1.45. The van der Waals surface area contributed by atoms with Crippen LogP contribution < -0.4 is 0 Å². The van der Waals surface area contributed by atoms with Gasteiger partial charge in [0.25, 0.3) is 5.69 Å². The number of aliphatic hydroxyl groups is 1. The van der Waals surface area contributed by atoms with E-state index in [0.717, 1.165) is 12.2 Å². The van der Waals surface area contributed by atoms with Crippen LogP contribution in [0, 0.1) is 10.1 Å². The van der Waals surface area contributed by atoms with E-state index in [9.17, 15) is 14.9 Å². The number of benzene rings is 1. The summed E-state index contributed by atoms with van der Waals surface area (Å²) in [6.45, 7) is 0.722. The summed E-state index contributed by atoms with van der Waals surface area (Å²) in [6.07, 6.45) is 0.397. The van der Waals surface area contributed by atoms with Crippen LogP contribution in [-0.2, 0) is 11.3 Å². The fraction of sp³-hybridized carbons (Fsp3) is 0.533. The highest BCUT2D eigenvalue weighted by Crippen LogP contribution is 2.25. The molecule has 2 atom stereocenters. The molecule has 1 aromatic rings. The normalized spacial score (nSPS) is 20.2. The summed E-state index contributed by atoms with van der Waals surface area (Å²) in [7, 11) is 0. The molecule has 1 amide bonds. The predicted molar refractivity (Wildman–Crippen MR) is 95.6 cm³/mol. The van der Waals surface area contributed by atoms with Crippen LogP contribution >= 0.6 is 24.4 Å². The maximum absolute atomic E-state index is 12.3. The minimum Gasteiger partial charge on any atom is -0.445 e. The zero-order valence-electron chi connectivity index (χ0n) is 13.0. The number of nitro benzene ring substituents is 1. The average molecular weight is 372 g/mol. The fourth-order valence-corrected chi connectivity index (χ4v) is 3.80. The van der Waals surface area contributed by atoms with Crippen molar-refractivity contribution >= 4 is 36.2 Å². The maximum Gasteiger partial charge on any atom is 0.410 e. The Balaban J connectivity index is 1.86. The molecule has 7 nitrogen and oxygen atoms in total. The van der Waals surface area contributed by atoms with Crippen LogP contribution in [0.25, 0.3) is 0 Å². The van der Waals surface area contributed by atoms with Crippen LogP contribution in [-0.4, -0.2) is 57.0 Å². The van der Waals surface area contributed by atoms with Crippen LogP contribution in [0.3, 0.4) is 0 Å². The number of amides is 1. The smallest absolute Gasteiger partial charge is 0.410 e. The molecule has 1 aliphatic rings. The Morgan fingerprint density at radius 3 is 2.79 bits per heavy atom. The lowest BCUT2D eigenvalue weighted by molar-refractivity contribution is -0.384. The molecule has 1 aromatic carbocycles. The number of carbonyl (C=O) groups excluding carboxylic acids is 1. The molecule has 1 saturated heterocycles. The summed E-state index contributed by atoms with van der Waals surface area (Å²) in [5.41, 5.74) is 0.699. The highest BCUT2D eigenvalue weighted by Gasteiger charge is 2.34. The predicted octanol–water partition coefficient (Wildman–Crippen LogP) is 2.33. The number of non-ortho nitro benzene ring substituents is 1. The molecule has 24 heavy (non-hydrogen) atoms. The number of hydrogen-bond acceptors (Lipinski definition) is 7. The molecule has 0 aromatic heterocycles. The van der Waals surface area contributed by atoms with Crippen LogP contribution in [0.4, 0.5) is 10.5 Å². The Labute approximate surface area is 149 Å². The van der Waals surface area contributed by atoms with Gasteiger partial charge < -0.3 is 14.7 Å². The topological polar surface area (TPSA) is 92.9 Å². The van der Waals surface area contributed by atoms with Gasteiger partial charge in [0.1, 0.15) is 6.61 Å². The Morgan fingerprint density at radius 1 is 1.46 bits per heavy atom. The second-order valence-electron chi connectivity index (χ2n) is 5.47. The van der Waals surface area contributed by atoms with E-state index in [1.807, 2.05) is 0 Å². The van der Waals surface area contributed by atoms with Crippen LogP contribution in [0.5, 0.6) is 0 Å². The van der Waals surface area contributed by atoms with Crippen molar-refractivity contribution < 1.29 is 19.6 Å². The van der Waals surface area contributed by atoms with E-state index in [4.69, 9.17) is 9.84 Å². The first-order valence-corrected chi connectivity index (χ1v) is 9.21. The van der Waals surface area contributed by atoms with E-state index in [-0.39, 0.29) is 30.2 Å². The Bertz CT molecular complexity index is 569. The van der Waals surface area contributed by atoms with Gasteiger partial charge in [-0.3, -0.25) is 10.1 Å². The van der Waals surface area contributed by atoms with E-state index in [0.29, 0.717) is 17.9 Å². The highest BCUT2D eigenvalue weighted by molar-refractivity contribution is 7.99. The second kappa shape index (κ2) is 9.14. The van der Waals surface area contributed by atoms with Crippen molar-refractivity contribution in [1.29, 1.82) is 0 Å². The number of hydrogen-bond donors (Lipinski definition) is 2. The van der Waals surface area contributed by atoms with Crippen molar-refractivity contribution in [2.45, 2.75) is 24.3 Å². The van der Waals surface area contributed by atoms with Gasteiger partial charge in [0.15, 0.2) is 0 Å². The highest BCUT2D eigenvalue weighted by atomic mass is 32.2. The first-order chi connectivity index (χ1) is 11.5. The van der Waals surface area contributed by atoms with Gasteiger partial charge in [0.05, 0.1) is 11.5 Å². The van der Waals surface area contributed by atoms with Crippen molar-refractivity contribution in [3.8, 4) is 0 Å². The first-order valence-electron chi connectivity index (χ1n) is 7.54. The summed E-state index contributed by atoms with van der Waals surface area (Å²) in [5, 5.41) is 19.6. The molecular formula is C15H20N2O5S2. The van der Waals surface area contributed by atoms with Gasteiger partial charge in [-0.05, 0) is 24.1 Å². The van der Waals surface area contributed by atoms with Gasteiger partial charge >= 0.3 is 6.09 Å². The van der Waals surface area contributed by atoms with Crippen LogP contribution in [0.1, 0.15) is 12.0 Å². The van der Waals surface area contributed by atoms with Crippen LogP contribution in [0.2, 0.25) is 0 Å². The molecule has 0 spiro atoms. The largest absolute Gasteiger partial charge is 0.445 e. The molecule has 1 N–H and O–H groups in total. The van der Waals surface area contributed by atoms with Gasteiger partial charge in [0, 0.05) is 41.5 Å². The van der Waals surface area contributed by atoms with E-state index >= 15 is 0 Å². The number of carbonyl (C=O) groups is 1. The van der Waals surface area contributed by atoms with E-state index < -0.39 is 11.0 Å². The molecule has 132 valence electrons. The van der Waals surface area contributed by atoms with E-state index in [1.165, 1.54) is 12.1 Å². The molecule has 1 aliphatic heterocycles. The number of ether oxygens (including phenoxy) is 1. The zero-order chi connectivity index (χ0) is 17.5. The minimum absolute atomic E-state index is 0.00325. The molecule has 0 aliphatic carbocycles. The third kappa shape index (κ3) is 5.29. The number of nitro groups is 1. The lowest BCUT2D eigenvalue weighted by Crippen LogP contribution is -2.37. The molecule has 0 bridgehead atoms. The molecule has 1 heterocycles. The number of thiol groups is 1. The van der Waals surface area contributed by atoms with Gasteiger partial charge in [-0.25, -0.2) is 4.79 Å². The Morgan fingerprint density at radius 2 is 2.17 bits per heavy atom. The zero-order valence-corrected chi connectivity index (χ0v) is 14.7. The molecule has 1 fully saturated rings. The van der Waals surface area contributed by atoms with Crippen molar-refractivity contribution in [2.75, 3.05) is 24.7 Å². The number of rotatable bonds is 7. The standard InChI is InChI=1S/C15H20N2O5S2/c18-5-6-24-10-13-7-14(23)8-16(13)15(19)22-9-11-1-3-12(4-2-11)17(20)21/h1-4,13-14,18,23H,5-10H2. The number of thioether (sulfide) groups is 1. The van der Waals surface area contributed by atoms with E-state index in [1.54, 1.807) is 28.8 Å². The maximum atomic E-state index is 12.3. The third-order valence-corrected chi connectivity index (χ3v) is 5.15. The van der Waals surface area contributed by atoms with Crippen molar-refractivity contribution in [1.82, 2.24) is 4.90 Å². The van der Waals surface area contributed by atoms with Gasteiger partial charge in [-0.15, -0.1) is 0 Å². The quantitative estimate of drug-likeness (QED) is 0.330. The van der Waals surface area contributed by atoms with E-state index in [2.05, 4.69) is 12.6 Å². The second-order valence-corrected chi connectivity index (χ2v) is 7.35. The molecule has 2 rings (SSSR count). The fourth-order valence-electron chi connectivity index (χ4n) is 2.50. The summed E-state index contributed by atoms with van der Waals surface area (Å²) in [4.78, 5) is 24.1. The lowest BCUT2D eigenvalue weighted by Gasteiger charge is -2.23. The molecule has 2 unspecified atom stereocenters. The molecule has 0 radical (unpaired) electrons. The van der Waals surface area contributed by atoms with Crippen LogP contribution in [0.15, 0.2) is 24.3 Å². The van der Waals surface area contributed by atoms with Crippen molar-refractivity contribution in [3.05, 3.63) is 39.9 Å². The summed E-state index contributed by atoms with van der Waals surface area (Å²) >= 11 is 6.04. The molecule has 9 heteroatoms.